The van der Waals surface area contributed by atoms with Crippen molar-refractivity contribution in [3.05, 3.63) is 28.0 Å². The fourth-order valence-electron chi connectivity index (χ4n) is 1.10. The van der Waals surface area contributed by atoms with Gasteiger partial charge in [0, 0.05) is 11.8 Å². The lowest BCUT2D eigenvalue weighted by Crippen LogP contribution is -2.10. The molecule has 1 heterocycles. The normalized spacial score (nSPS) is 10.6. The van der Waals surface area contributed by atoms with Crippen molar-refractivity contribution >= 4 is 29.2 Å². The van der Waals surface area contributed by atoms with Crippen molar-refractivity contribution in [2.45, 2.75) is 12.3 Å². The molecule has 1 aromatic heterocycles. The lowest BCUT2D eigenvalue weighted by molar-refractivity contribution is 0.0587. The number of carbonyl (C=O) groups excluding carboxylic acids is 1. The molecule has 7 heteroatoms. The Hall–Kier alpha value is -0.940. The average molecular weight is 270 g/mol. The van der Waals surface area contributed by atoms with E-state index >= 15 is 0 Å². The van der Waals surface area contributed by atoms with Crippen LogP contribution >= 0.6 is 23.2 Å². The molecule has 0 saturated carbocycles. The third-order valence-corrected chi connectivity index (χ3v) is 2.58. The predicted octanol–water partition coefficient (Wildman–Crippen LogP) is 3.20. The molecule has 0 aliphatic rings. The Morgan fingerprint density at radius 3 is 2.69 bits per heavy atom. The second kappa shape index (κ2) is 5.41. The maximum Gasteiger partial charge on any atom is 0.341 e. The van der Waals surface area contributed by atoms with Gasteiger partial charge in [0.05, 0.1) is 18.0 Å². The van der Waals surface area contributed by atoms with Gasteiger partial charge in [-0.25, -0.2) is 13.6 Å². The second-order valence-corrected chi connectivity index (χ2v) is 3.43. The largest absolute Gasteiger partial charge is 0.465 e. The summed E-state index contributed by atoms with van der Waals surface area (Å²) >= 11 is 11.3. The molecule has 0 radical (unpaired) electrons. The molecule has 1 rings (SSSR count). The Labute approximate surface area is 100 Å². The third kappa shape index (κ3) is 2.41. The number of halogens is 4. The van der Waals surface area contributed by atoms with Crippen molar-refractivity contribution in [1.82, 2.24) is 4.98 Å². The molecule has 0 amide bonds. The number of methoxy groups -OCH3 is 1. The van der Waals surface area contributed by atoms with Gasteiger partial charge in [-0.1, -0.05) is 11.6 Å². The van der Waals surface area contributed by atoms with E-state index in [0.29, 0.717) is 5.56 Å². The van der Waals surface area contributed by atoms with Crippen LogP contribution in [0, 0.1) is 0 Å². The van der Waals surface area contributed by atoms with Gasteiger partial charge >= 0.3 is 5.97 Å². The summed E-state index contributed by atoms with van der Waals surface area (Å²) in [6.07, 6.45) is -1.79. The summed E-state index contributed by atoms with van der Waals surface area (Å²) < 4.78 is 29.5. The Morgan fingerprint density at radius 2 is 2.25 bits per heavy atom. The Kier molecular flexibility index (Phi) is 4.44. The minimum absolute atomic E-state index is 0.0284. The number of aromatic nitrogens is 1. The minimum atomic E-state index is -2.91. The molecule has 1 aromatic rings. The van der Waals surface area contributed by atoms with E-state index in [9.17, 15) is 13.6 Å². The van der Waals surface area contributed by atoms with E-state index in [-0.39, 0.29) is 10.9 Å². The number of pyridine rings is 1. The zero-order chi connectivity index (χ0) is 12.3. The van der Waals surface area contributed by atoms with Crippen LogP contribution in [-0.2, 0) is 10.6 Å². The molecule has 3 nitrogen and oxygen atoms in total. The van der Waals surface area contributed by atoms with Crippen LogP contribution in [0.5, 0.6) is 0 Å². The molecule has 0 fully saturated rings. The van der Waals surface area contributed by atoms with Gasteiger partial charge in [0.1, 0.15) is 11.3 Å². The van der Waals surface area contributed by atoms with Gasteiger partial charge in [-0.2, -0.15) is 0 Å². The highest BCUT2D eigenvalue weighted by Crippen LogP contribution is 2.30. The van der Waals surface area contributed by atoms with Crippen LogP contribution in [0.4, 0.5) is 8.78 Å². The maximum atomic E-state index is 12.6. The predicted molar refractivity (Wildman–Crippen MR) is 55.1 cm³/mol. The van der Waals surface area contributed by atoms with Gasteiger partial charge in [-0.05, 0) is 0 Å². The Balaban J connectivity index is 3.42. The molecular weight excluding hydrogens is 263 g/mol. The molecule has 0 saturated heterocycles. The zero-order valence-corrected chi connectivity index (χ0v) is 9.65. The lowest BCUT2D eigenvalue weighted by Gasteiger charge is -2.10. The van der Waals surface area contributed by atoms with Gasteiger partial charge in [0.25, 0.3) is 6.43 Å². The molecule has 88 valence electrons. The minimum Gasteiger partial charge on any atom is -0.465 e. The molecule has 0 atom stereocenters. The Bertz CT molecular complexity index is 413. The monoisotopic (exact) mass is 269 g/mol. The van der Waals surface area contributed by atoms with E-state index in [1.165, 1.54) is 0 Å². The molecule has 0 N–H and O–H groups in total. The average Bonchev–Trinajstić information content (AvgIpc) is 2.27. The molecule has 0 aliphatic heterocycles. The van der Waals surface area contributed by atoms with Crippen LogP contribution in [0.2, 0.25) is 5.02 Å². The van der Waals surface area contributed by atoms with Crippen LogP contribution in [0.1, 0.15) is 28.0 Å². The second-order valence-electron chi connectivity index (χ2n) is 2.78. The SMILES string of the molecule is COC(=O)c1c(C(F)F)ncc(CCl)c1Cl. The van der Waals surface area contributed by atoms with Crippen molar-refractivity contribution in [2.75, 3.05) is 7.11 Å². The van der Waals surface area contributed by atoms with Crippen molar-refractivity contribution in [2.24, 2.45) is 0 Å². The van der Waals surface area contributed by atoms with E-state index in [4.69, 9.17) is 23.2 Å². The first-order valence-electron chi connectivity index (χ1n) is 4.12. The van der Waals surface area contributed by atoms with Crippen molar-refractivity contribution in [3.63, 3.8) is 0 Å². The van der Waals surface area contributed by atoms with E-state index in [2.05, 4.69) is 9.72 Å². The van der Waals surface area contributed by atoms with E-state index < -0.39 is 23.7 Å². The van der Waals surface area contributed by atoms with Crippen molar-refractivity contribution < 1.29 is 18.3 Å². The van der Waals surface area contributed by atoms with Crippen LogP contribution < -0.4 is 0 Å². The first-order valence-corrected chi connectivity index (χ1v) is 5.03. The summed E-state index contributed by atoms with van der Waals surface area (Å²) in [6, 6.07) is 0. The standard InChI is InChI=1S/C9H7Cl2F2NO2/c1-16-9(15)5-6(11)4(2-10)3-14-7(5)8(12)13/h3,8H,2H2,1H3. The van der Waals surface area contributed by atoms with Gasteiger partial charge in [0.15, 0.2) is 0 Å². The van der Waals surface area contributed by atoms with Crippen LogP contribution in [0.25, 0.3) is 0 Å². The molecule has 0 aromatic carbocycles. The molecule has 0 bridgehead atoms. The summed E-state index contributed by atoms with van der Waals surface area (Å²) in [6.45, 7) is 0. The number of hydrogen-bond donors (Lipinski definition) is 0. The summed E-state index contributed by atoms with van der Waals surface area (Å²) in [5, 5.41) is -0.146. The van der Waals surface area contributed by atoms with Crippen molar-refractivity contribution in [3.8, 4) is 0 Å². The van der Waals surface area contributed by atoms with Crippen LogP contribution in [0.3, 0.4) is 0 Å². The van der Waals surface area contributed by atoms with E-state index in [1.807, 2.05) is 0 Å². The van der Waals surface area contributed by atoms with Crippen LogP contribution in [0.15, 0.2) is 6.20 Å². The number of carbonyl (C=O) groups is 1. The highest BCUT2D eigenvalue weighted by Gasteiger charge is 2.25. The zero-order valence-electron chi connectivity index (χ0n) is 8.14. The third-order valence-electron chi connectivity index (χ3n) is 1.86. The van der Waals surface area contributed by atoms with Crippen molar-refractivity contribution in [1.29, 1.82) is 0 Å². The molecule has 0 spiro atoms. The molecule has 0 unspecified atom stereocenters. The topological polar surface area (TPSA) is 39.2 Å². The Morgan fingerprint density at radius 1 is 1.62 bits per heavy atom. The maximum absolute atomic E-state index is 12.6. The number of nitrogens with zero attached hydrogens (tertiary/aromatic N) is 1. The number of rotatable bonds is 3. The molecule has 16 heavy (non-hydrogen) atoms. The smallest absolute Gasteiger partial charge is 0.341 e. The first kappa shape index (κ1) is 13.1. The van der Waals surface area contributed by atoms with Gasteiger partial charge in [-0.15, -0.1) is 11.6 Å². The highest BCUT2D eigenvalue weighted by atomic mass is 35.5. The fraction of sp³-hybridized carbons (Fsp3) is 0.333. The lowest BCUT2D eigenvalue weighted by atomic mass is 10.1. The number of alkyl halides is 3. The van der Waals surface area contributed by atoms with E-state index in [0.717, 1.165) is 13.3 Å². The van der Waals surface area contributed by atoms with Crippen LogP contribution in [-0.4, -0.2) is 18.1 Å². The van der Waals surface area contributed by atoms with Gasteiger partial charge in [-0.3, -0.25) is 4.98 Å². The molecule has 0 aliphatic carbocycles. The van der Waals surface area contributed by atoms with E-state index in [1.54, 1.807) is 0 Å². The van der Waals surface area contributed by atoms with Gasteiger partial charge in [0.2, 0.25) is 0 Å². The number of hydrogen-bond acceptors (Lipinski definition) is 3. The highest BCUT2D eigenvalue weighted by molar-refractivity contribution is 6.35. The fourth-order valence-corrected chi connectivity index (χ4v) is 1.66. The summed E-state index contributed by atoms with van der Waals surface area (Å²) in [5.74, 6) is -0.987. The summed E-state index contributed by atoms with van der Waals surface area (Å²) in [5.41, 5.74) is -0.837. The quantitative estimate of drug-likeness (QED) is 0.625. The summed E-state index contributed by atoms with van der Waals surface area (Å²) in [7, 11) is 1.07. The number of ether oxygens (including phenoxy) is 1. The summed E-state index contributed by atoms with van der Waals surface area (Å²) in [4.78, 5) is 14.8. The van der Waals surface area contributed by atoms with Gasteiger partial charge < -0.3 is 4.74 Å². The first-order chi connectivity index (χ1) is 7.52. The molecular formula is C9H7Cl2F2NO2. The number of esters is 1.